The topological polar surface area (TPSA) is 26.0 Å². The Balaban J connectivity index is 2.17. The molecule has 1 aliphatic heterocycles. The zero-order valence-corrected chi connectivity index (χ0v) is 7.81. The fourth-order valence-corrected chi connectivity index (χ4v) is 2.85. The lowest BCUT2D eigenvalue weighted by atomic mass is 10.1. The molecule has 1 atom stereocenters. The molecule has 1 aromatic carbocycles. The summed E-state index contributed by atoms with van der Waals surface area (Å²) < 4.78 is 0. The van der Waals surface area contributed by atoms with E-state index >= 15 is 0 Å². The second kappa shape index (κ2) is 3.40. The van der Waals surface area contributed by atoms with Crippen LogP contribution in [0.2, 0.25) is 0 Å². The minimum Gasteiger partial charge on any atom is -0.399 e. The van der Waals surface area contributed by atoms with Gasteiger partial charge in [0, 0.05) is 10.9 Å². The van der Waals surface area contributed by atoms with Gasteiger partial charge in [-0.3, -0.25) is 0 Å². The van der Waals surface area contributed by atoms with E-state index in [0.717, 1.165) is 10.9 Å². The summed E-state index contributed by atoms with van der Waals surface area (Å²) >= 11 is 2.06. The first kappa shape index (κ1) is 7.99. The first-order valence-corrected chi connectivity index (χ1v) is 5.38. The summed E-state index contributed by atoms with van der Waals surface area (Å²) in [6.45, 7) is 0. The molecule has 0 radical (unpaired) electrons. The van der Waals surface area contributed by atoms with Crippen LogP contribution in [0.25, 0.3) is 0 Å². The minimum absolute atomic E-state index is 0.727. The number of hydrogen-bond donors (Lipinski definition) is 1. The van der Waals surface area contributed by atoms with Crippen LogP contribution in [0, 0.1) is 0 Å². The van der Waals surface area contributed by atoms with Crippen molar-refractivity contribution in [2.45, 2.75) is 18.1 Å². The van der Waals surface area contributed by atoms with E-state index in [1.165, 1.54) is 24.2 Å². The Morgan fingerprint density at radius 1 is 1.25 bits per heavy atom. The first-order valence-electron chi connectivity index (χ1n) is 4.33. The zero-order valence-electron chi connectivity index (χ0n) is 6.99. The number of nitrogens with two attached hydrogens (primary N) is 1. The van der Waals surface area contributed by atoms with Crippen LogP contribution >= 0.6 is 11.8 Å². The lowest BCUT2D eigenvalue weighted by Gasteiger charge is -2.08. The van der Waals surface area contributed by atoms with Gasteiger partial charge in [-0.2, -0.15) is 11.8 Å². The van der Waals surface area contributed by atoms with Gasteiger partial charge in [-0.25, -0.2) is 0 Å². The van der Waals surface area contributed by atoms with E-state index in [-0.39, 0.29) is 0 Å². The molecule has 1 fully saturated rings. The van der Waals surface area contributed by atoms with Crippen molar-refractivity contribution in [3.63, 3.8) is 0 Å². The number of nitrogen functional groups attached to an aromatic ring is 1. The summed E-state index contributed by atoms with van der Waals surface area (Å²) in [4.78, 5) is 0. The van der Waals surface area contributed by atoms with E-state index in [1.54, 1.807) is 0 Å². The highest BCUT2D eigenvalue weighted by Gasteiger charge is 2.16. The Morgan fingerprint density at radius 2 is 2.00 bits per heavy atom. The van der Waals surface area contributed by atoms with Crippen LogP contribution in [0.1, 0.15) is 23.7 Å². The predicted octanol–water partition coefficient (Wildman–Crippen LogP) is 2.84. The van der Waals surface area contributed by atoms with Gasteiger partial charge < -0.3 is 5.73 Å². The maximum Gasteiger partial charge on any atom is 0.0314 e. The zero-order chi connectivity index (χ0) is 8.39. The molecule has 1 heterocycles. The van der Waals surface area contributed by atoms with Gasteiger partial charge in [-0.15, -0.1) is 0 Å². The third-order valence-electron chi connectivity index (χ3n) is 2.24. The van der Waals surface area contributed by atoms with E-state index in [0.29, 0.717) is 0 Å². The van der Waals surface area contributed by atoms with Gasteiger partial charge in [0.2, 0.25) is 0 Å². The Labute approximate surface area is 77.3 Å². The maximum atomic E-state index is 5.62. The molecule has 12 heavy (non-hydrogen) atoms. The number of benzene rings is 1. The summed E-state index contributed by atoms with van der Waals surface area (Å²) in [5.41, 5.74) is 7.92. The van der Waals surface area contributed by atoms with Crippen molar-refractivity contribution in [2.75, 3.05) is 11.5 Å². The lowest BCUT2D eigenvalue weighted by Crippen LogP contribution is -1.89. The van der Waals surface area contributed by atoms with Crippen molar-refractivity contribution < 1.29 is 0 Å². The predicted molar refractivity (Wildman–Crippen MR) is 55.3 cm³/mol. The van der Waals surface area contributed by atoms with E-state index in [1.807, 2.05) is 12.1 Å². The van der Waals surface area contributed by atoms with E-state index < -0.39 is 0 Å². The molecule has 1 nitrogen and oxygen atoms in total. The van der Waals surface area contributed by atoms with Crippen molar-refractivity contribution in [3.8, 4) is 0 Å². The molecule has 1 aromatic rings. The Hall–Kier alpha value is -0.630. The normalized spacial score (nSPS) is 22.8. The van der Waals surface area contributed by atoms with Crippen LogP contribution < -0.4 is 5.73 Å². The average molecular weight is 179 g/mol. The van der Waals surface area contributed by atoms with E-state index in [2.05, 4.69) is 23.9 Å². The summed E-state index contributed by atoms with van der Waals surface area (Å²) in [5, 5.41) is 0.727. The van der Waals surface area contributed by atoms with Gasteiger partial charge in [0.1, 0.15) is 0 Å². The van der Waals surface area contributed by atoms with Crippen molar-refractivity contribution >= 4 is 17.4 Å². The smallest absolute Gasteiger partial charge is 0.0314 e. The third kappa shape index (κ3) is 1.58. The SMILES string of the molecule is Nc1ccc(C2CCCS2)cc1. The Morgan fingerprint density at radius 3 is 2.58 bits per heavy atom. The van der Waals surface area contributed by atoms with Crippen molar-refractivity contribution in [1.82, 2.24) is 0 Å². The second-order valence-electron chi connectivity index (χ2n) is 3.17. The summed E-state index contributed by atoms with van der Waals surface area (Å²) in [5.74, 6) is 1.31. The molecular weight excluding hydrogens is 166 g/mol. The second-order valence-corrected chi connectivity index (χ2v) is 4.48. The molecule has 0 aromatic heterocycles. The molecule has 1 unspecified atom stereocenters. The molecule has 0 bridgehead atoms. The van der Waals surface area contributed by atoms with Crippen molar-refractivity contribution in [2.24, 2.45) is 0 Å². The van der Waals surface area contributed by atoms with Gasteiger partial charge in [0.05, 0.1) is 0 Å². The fourth-order valence-electron chi connectivity index (χ4n) is 1.55. The highest BCUT2D eigenvalue weighted by atomic mass is 32.2. The summed E-state index contributed by atoms with van der Waals surface area (Å²) in [6, 6.07) is 8.29. The van der Waals surface area contributed by atoms with E-state index in [4.69, 9.17) is 5.73 Å². The van der Waals surface area contributed by atoms with Crippen LogP contribution in [0.3, 0.4) is 0 Å². The Bertz CT molecular complexity index is 249. The first-order chi connectivity index (χ1) is 5.86. The highest BCUT2D eigenvalue weighted by Crippen LogP contribution is 2.39. The van der Waals surface area contributed by atoms with Gasteiger partial charge in [0.25, 0.3) is 0 Å². The molecule has 2 heteroatoms. The monoisotopic (exact) mass is 179 g/mol. The van der Waals surface area contributed by atoms with Crippen LogP contribution in [0.15, 0.2) is 24.3 Å². The van der Waals surface area contributed by atoms with Gasteiger partial charge in [0.15, 0.2) is 0 Å². The van der Waals surface area contributed by atoms with Crippen LogP contribution in [0.4, 0.5) is 5.69 Å². The minimum atomic E-state index is 0.727. The third-order valence-corrected chi connectivity index (χ3v) is 3.67. The lowest BCUT2D eigenvalue weighted by molar-refractivity contribution is 0.829. The average Bonchev–Trinajstić information content (AvgIpc) is 2.58. The molecular formula is C10H13NS. The molecule has 0 aliphatic carbocycles. The quantitative estimate of drug-likeness (QED) is 0.671. The molecule has 2 rings (SSSR count). The molecule has 2 N–H and O–H groups in total. The number of hydrogen-bond acceptors (Lipinski definition) is 2. The highest BCUT2D eigenvalue weighted by molar-refractivity contribution is 7.99. The van der Waals surface area contributed by atoms with Gasteiger partial charge in [-0.05, 0) is 36.3 Å². The van der Waals surface area contributed by atoms with Crippen LogP contribution in [0.5, 0.6) is 0 Å². The molecule has 64 valence electrons. The van der Waals surface area contributed by atoms with Gasteiger partial charge >= 0.3 is 0 Å². The molecule has 1 saturated heterocycles. The molecule has 1 aliphatic rings. The fraction of sp³-hybridized carbons (Fsp3) is 0.400. The van der Waals surface area contributed by atoms with E-state index in [9.17, 15) is 0 Å². The van der Waals surface area contributed by atoms with Crippen LogP contribution in [-0.4, -0.2) is 5.75 Å². The van der Waals surface area contributed by atoms with Crippen LogP contribution in [-0.2, 0) is 0 Å². The van der Waals surface area contributed by atoms with Gasteiger partial charge in [-0.1, -0.05) is 12.1 Å². The maximum absolute atomic E-state index is 5.62. The van der Waals surface area contributed by atoms with Crippen molar-refractivity contribution in [1.29, 1.82) is 0 Å². The number of anilines is 1. The largest absolute Gasteiger partial charge is 0.399 e. The summed E-state index contributed by atoms with van der Waals surface area (Å²) in [6.07, 6.45) is 2.69. The number of thioether (sulfide) groups is 1. The number of rotatable bonds is 1. The summed E-state index contributed by atoms with van der Waals surface area (Å²) in [7, 11) is 0. The van der Waals surface area contributed by atoms with Crippen molar-refractivity contribution in [3.05, 3.63) is 29.8 Å². The molecule has 0 spiro atoms. The standard InChI is InChI=1S/C10H13NS/c11-9-5-3-8(4-6-9)10-2-1-7-12-10/h3-6,10H,1-2,7,11H2. The molecule has 0 amide bonds. The molecule has 0 saturated carbocycles. The Kier molecular flexibility index (Phi) is 2.26.